The van der Waals surface area contributed by atoms with Gasteiger partial charge in [-0.25, -0.2) is 14.0 Å². The molecule has 0 spiro atoms. The Morgan fingerprint density at radius 1 is 0.912 bits per heavy atom. The van der Waals surface area contributed by atoms with Crippen LogP contribution >= 0.6 is 0 Å². The van der Waals surface area contributed by atoms with Crippen molar-refractivity contribution >= 4 is 11.9 Å². The molecule has 0 radical (unpaired) electrons. The van der Waals surface area contributed by atoms with Gasteiger partial charge in [0.25, 0.3) is 6.17 Å². The van der Waals surface area contributed by atoms with Crippen LogP contribution in [0.2, 0.25) is 0 Å². The Hall–Kier alpha value is -3.18. The first kappa shape index (κ1) is 27.1. The largest absolute Gasteiger partial charge is 0.463 e. The maximum atomic E-state index is 13.6. The summed E-state index contributed by atoms with van der Waals surface area (Å²) in [6.07, 6.45) is -15.5. The van der Waals surface area contributed by atoms with Gasteiger partial charge in [0.2, 0.25) is 0 Å². The monoisotopic (exact) mass is 495 g/mol. The van der Waals surface area contributed by atoms with Gasteiger partial charge in [0.05, 0.1) is 30.3 Å². The highest BCUT2D eigenvalue weighted by Crippen LogP contribution is 2.41. The van der Waals surface area contributed by atoms with Gasteiger partial charge in [0.15, 0.2) is 0 Å². The van der Waals surface area contributed by atoms with E-state index in [9.17, 15) is 35.9 Å². The summed E-state index contributed by atoms with van der Waals surface area (Å²) < 4.78 is 91.5. The van der Waals surface area contributed by atoms with Crippen molar-refractivity contribution in [3.05, 3.63) is 52.4 Å². The van der Waals surface area contributed by atoms with Crippen LogP contribution in [0.4, 0.5) is 26.3 Å². The van der Waals surface area contributed by atoms with Crippen LogP contribution in [0.25, 0.3) is 0 Å². The molecular formula is C22H23F6NO5. The van der Waals surface area contributed by atoms with Gasteiger partial charge in [-0.15, -0.1) is 0 Å². The molecule has 1 aromatic carbocycles. The third-order valence-electron chi connectivity index (χ3n) is 4.80. The third-order valence-corrected chi connectivity index (χ3v) is 4.80. The van der Waals surface area contributed by atoms with Gasteiger partial charge in [-0.3, -0.25) is 0 Å². The second-order valence-electron chi connectivity index (χ2n) is 7.21. The molecule has 0 aliphatic carbocycles. The van der Waals surface area contributed by atoms with Crippen LogP contribution in [0.1, 0.15) is 39.2 Å². The number of allylic oxidation sites excluding steroid dienone is 2. The Morgan fingerprint density at radius 2 is 1.35 bits per heavy atom. The molecule has 0 saturated carbocycles. The summed E-state index contributed by atoms with van der Waals surface area (Å²) in [5, 5.41) is 2.91. The van der Waals surface area contributed by atoms with Gasteiger partial charge in [-0.1, -0.05) is 12.1 Å². The molecular weight excluding hydrogens is 472 g/mol. The lowest BCUT2D eigenvalue weighted by Crippen LogP contribution is -2.45. The van der Waals surface area contributed by atoms with Gasteiger partial charge >= 0.3 is 24.2 Å². The summed E-state index contributed by atoms with van der Waals surface area (Å²) in [6.45, 7) is 6.37. The number of ether oxygens (including phenoxy) is 3. The average molecular weight is 495 g/mol. The molecule has 0 aromatic heterocycles. The summed E-state index contributed by atoms with van der Waals surface area (Å²) in [5.41, 5.74) is 1.07. The normalized spacial score (nSPS) is 16.2. The predicted octanol–water partition coefficient (Wildman–Crippen LogP) is 4.92. The standard InChI is InChI=1S/C22H23F6NO5/c1-5-32-18(30)15-11(3)29-12(4)16(19(31)33-6-2)17(15)13-7-9-14(10-8-13)34-22(27,28)20(23)21(24,25)26/h7-10,17,20,29H,5-6H2,1-4H3/t20-/m0/s1. The molecule has 2 rings (SSSR count). The lowest BCUT2D eigenvalue weighted by Gasteiger charge is -2.30. The minimum atomic E-state index is -5.83. The molecule has 0 bridgehead atoms. The molecule has 1 aromatic rings. The molecule has 6 nitrogen and oxygen atoms in total. The number of carbonyl (C=O) groups is 2. The highest BCUT2D eigenvalue weighted by atomic mass is 19.4. The van der Waals surface area contributed by atoms with Crippen LogP contribution in [0.5, 0.6) is 5.75 Å². The van der Waals surface area contributed by atoms with E-state index in [2.05, 4.69) is 10.1 Å². The number of hydrogen-bond acceptors (Lipinski definition) is 6. The van der Waals surface area contributed by atoms with Crippen molar-refractivity contribution in [2.24, 2.45) is 0 Å². The minimum absolute atomic E-state index is 0.0330. The molecule has 1 heterocycles. The second-order valence-corrected chi connectivity index (χ2v) is 7.21. The Bertz CT molecular complexity index is 944. The van der Waals surface area contributed by atoms with Crippen molar-refractivity contribution in [1.82, 2.24) is 5.32 Å². The molecule has 1 aliphatic rings. The van der Waals surface area contributed by atoms with Gasteiger partial charge in [-0.05, 0) is 45.4 Å². The number of rotatable bonds is 8. The van der Waals surface area contributed by atoms with Gasteiger partial charge in [0.1, 0.15) is 5.75 Å². The Labute approximate surface area is 191 Å². The van der Waals surface area contributed by atoms with E-state index in [-0.39, 0.29) is 29.9 Å². The van der Waals surface area contributed by atoms with Crippen molar-refractivity contribution in [1.29, 1.82) is 0 Å². The number of halogens is 6. The van der Waals surface area contributed by atoms with Crippen LogP contribution in [-0.4, -0.2) is 43.6 Å². The maximum Gasteiger partial charge on any atom is 0.439 e. The van der Waals surface area contributed by atoms with E-state index >= 15 is 0 Å². The molecule has 1 atom stereocenters. The topological polar surface area (TPSA) is 73.9 Å². The summed E-state index contributed by atoms with van der Waals surface area (Å²) >= 11 is 0. The predicted molar refractivity (Wildman–Crippen MR) is 108 cm³/mol. The number of dihydropyridines is 1. The number of esters is 2. The summed E-state index contributed by atoms with van der Waals surface area (Å²) in [4.78, 5) is 25.4. The van der Waals surface area contributed by atoms with Crippen molar-refractivity contribution in [3.63, 3.8) is 0 Å². The first-order valence-electron chi connectivity index (χ1n) is 10.1. The highest BCUT2D eigenvalue weighted by Gasteiger charge is 2.59. The fraction of sp³-hybridized carbons (Fsp3) is 0.455. The molecule has 0 unspecified atom stereocenters. The molecule has 34 heavy (non-hydrogen) atoms. The Balaban J connectivity index is 2.49. The van der Waals surface area contributed by atoms with E-state index in [1.807, 2.05) is 0 Å². The molecule has 1 aliphatic heterocycles. The molecule has 0 saturated heterocycles. The van der Waals surface area contributed by atoms with Gasteiger partial charge in [-0.2, -0.15) is 22.0 Å². The van der Waals surface area contributed by atoms with Crippen LogP contribution in [0.15, 0.2) is 46.8 Å². The first-order valence-corrected chi connectivity index (χ1v) is 10.1. The van der Waals surface area contributed by atoms with E-state index in [1.165, 1.54) is 12.1 Å². The van der Waals surface area contributed by atoms with Crippen molar-refractivity contribution in [2.75, 3.05) is 13.2 Å². The van der Waals surface area contributed by atoms with E-state index < -0.39 is 42.1 Å². The summed E-state index contributed by atoms with van der Waals surface area (Å²) in [7, 11) is 0. The van der Waals surface area contributed by atoms with E-state index in [1.54, 1.807) is 27.7 Å². The first-order chi connectivity index (χ1) is 15.7. The highest BCUT2D eigenvalue weighted by molar-refractivity contribution is 5.99. The number of alkyl halides is 6. The lowest BCUT2D eigenvalue weighted by molar-refractivity contribution is -0.305. The molecule has 188 valence electrons. The number of carbonyl (C=O) groups excluding carboxylic acids is 2. The molecule has 0 fully saturated rings. The fourth-order valence-electron chi connectivity index (χ4n) is 3.41. The maximum absolute atomic E-state index is 13.6. The quantitative estimate of drug-likeness (QED) is 0.408. The fourth-order valence-corrected chi connectivity index (χ4v) is 3.41. The van der Waals surface area contributed by atoms with Crippen LogP contribution < -0.4 is 10.1 Å². The zero-order chi connectivity index (χ0) is 25.8. The molecule has 0 amide bonds. The number of nitrogens with one attached hydrogen (secondary N) is 1. The smallest absolute Gasteiger partial charge is 0.439 e. The van der Waals surface area contributed by atoms with Crippen LogP contribution in [0.3, 0.4) is 0 Å². The third kappa shape index (κ3) is 5.84. The van der Waals surface area contributed by atoms with E-state index in [4.69, 9.17) is 9.47 Å². The van der Waals surface area contributed by atoms with Crippen molar-refractivity contribution in [2.45, 2.75) is 52.1 Å². The van der Waals surface area contributed by atoms with Gasteiger partial charge < -0.3 is 19.5 Å². The zero-order valence-corrected chi connectivity index (χ0v) is 18.7. The number of hydrogen-bond donors (Lipinski definition) is 1. The summed E-state index contributed by atoms with van der Waals surface area (Å²) in [6, 6.07) is 4.09. The van der Waals surface area contributed by atoms with Crippen molar-refractivity contribution < 1.29 is 50.1 Å². The van der Waals surface area contributed by atoms with Crippen LogP contribution in [0, 0.1) is 0 Å². The average Bonchev–Trinajstić information content (AvgIpc) is 2.72. The zero-order valence-electron chi connectivity index (χ0n) is 18.7. The molecule has 1 N–H and O–H groups in total. The van der Waals surface area contributed by atoms with Gasteiger partial charge in [0, 0.05) is 11.4 Å². The van der Waals surface area contributed by atoms with Crippen molar-refractivity contribution in [3.8, 4) is 5.75 Å². The molecule has 12 heteroatoms. The number of benzene rings is 1. The van der Waals surface area contributed by atoms with E-state index in [0.717, 1.165) is 12.1 Å². The van der Waals surface area contributed by atoms with Crippen LogP contribution in [-0.2, 0) is 19.1 Å². The summed E-state index contributed by atoms with van der Waals surface area (Å²) in [5.74, 6) is -3.29. The minimum Gasteiger partial charge on any atom is -0.463 e. The second kappa shape index (κ2) is 10.4. The Morgan fingerprint density at radius 3 is 1.74 bits per heavy atom. The lowest BCUT2D eigenvalue weighted by atomic mass is 9.80. The van der Waals surface area contributed by atoms with E-state index in [0.29, 0.717) is 11.4 Å². The Kier molecular flexibility index (Phi) is 8.27. The SMILES string of the molecule is CCOC(=O)C1=C(C)NC(C)=C(C(=O)OCC)C1c1ccc(OC(F)(F)[C@@H](F)C(F)(F)F)cc1.